The Labute approximate surface area is 157 Å². The van der Waals surface area contributed by atoms with E-state index in [0.29, 0.717) is 25.9 Å². The maximum atomic E-state index is 12.7. The van der Waals surface area contributed by atoms with Gasteiger partial charge in [-0.3, -0.25) is 14.4 Å². The average Bonchev–Trinajstić information content (AvgIpc) is 2.86. The third kappa shape index (κ3) is 4.64. The number of fused-ring (bicyclic) bond motifs is 1. The van der Waals surface area contributed by atoms with Gasteiger partial charge < -0.3 is 19.3 Å². The van der Waals surface area contributed by atoms with E-state index in [4.69, 9.17) is 5.11 Å². The summed E-state index contributed by atoms with van der Waals surface area (Å²) in [5.74, 6) is -1.26. The van der Waals surface area contributed by atoms with Crippen molar-refractivity contribution in [2.45, 2.75) is 38.6 Å². The Kier molecular flexibility index (Phi) is 5.73. The first-order valence-electron chi connectivity index (χ1n) is 9.13. The predicted octanol–water partition coefficient (Wildman–Crippen LogP) is 1.19. The lowest BCUT2D eigenvalue weighted by Gasteiger charge is -2.28. The van der Waals surface area contributed by atoms with Crippen LogP contribution in [0.2, 0.25) is 0 Å². The zero-order valence-corrected chi connectivity index (χ0v) is 15.4. The number of rotatable bonds is 5. The summed E-state index contributed by atoms with van der Waals surface area (Å²) in [6, 6.07) is 5.56. The number of pyridine rings is 1. The zero-order valence-electron chi connectivity index (χ0n) is 15.4. The quantitative estimate of drug-likeness (QED) is 0.851. The van der Waals surface area contributed by atoms with Crippen molar-refractivity contribution in [3.05, 3.63) is 36.3 Å². The molecule has 8 heteroatoms. The minimum atomic E-state index is -1.02. The first-order chi connectivity index (χ1) is 12.9. The number of hydrogen-bond acceptors (Lipinski definition) is 4. The van der Waals surface area contributed by atoms with Gasteiger partial charge in [-0.25, -0.2) is 4.98 Å². The molecule has 1 saturated heterocycles. The van der Waals surface area contributed by atoms with Gasteiger partial charge in [0.25, 0.3) is 0 Å². The highest BCUT2D eigenvalue weighted by molar-refractivity contribution is 5.80. The maximum absolute atomic E-state index is 12.7. The fourth-order valence-corrected chi connectivity index (χ4v) is 3.62. The van der Waals surface area contributed by atoms with E-state index in [1.165, 1.54) is 11.8 Å². The van der Waals surface area contributed by atoms with Gasteiger partial charge in [0.1, 0.15) is 12.2 Å². The normalized spacial score (nSPS) is 17.5. The minimum absolute atomic E-state index is 0.00617. The van der Waals surface area contributed by atoms with E-state index in [1.807, 2.05) is 35.0 Å². The molecular formula is C19H24N4O4. The molecule has 2 aromatic heterocycles. The molecule has 1 fully saturated rings. The molecule has 0 saturated carbocycles. The van der Waals surface area contributed by atoms with E-state index in [-0.39, 0.29) is 30.8 Å². The van der Waals surface area contributed by atoms with Crippen molar-refractivity contribution in [3.63, 3.8) is 0 Å². The number of aromatic nitrogens is 2. The van der Waals surface area contributed by atoms with Crippen molar-refractivity contribution in [1.82, 2.24) is 19.2 Å². The van der Waals surface area contributed by atoms with Gasteiger partial charge in [-0.2, -0.15) is 0 Å². The molecule has 1 N–H and O–H groups in total. The van der Waals surface area contributed by atoms with Gasteiger partial charge in [-0.15, -0.1) is 0 Å². The fraction of sp³-hybridized carbons (Fsp3) is 0.474. The van der Waals surface area contributed by atoms with E-state index in [2.05, 4.69) is 4.98 Å². The van der Waals surface area contributed by atoms with E-state index < -0.39 is 5.97 Å². The van der Waals surface area contributed by atoms with Gasteiger partial charge in [0.05, 0.1) is 12.1 Å². The summed E-state index contributed by atoms with van der Waals surface area (Å²) in [5, 5.41) is 9.03. The molecule has 0 aromatic carbocycles. The molecule has 1 atom stereocenters. The Balaban J connectivity index is 1.62. The summed E-state index contributed by atoms with van der Waals surface area (Å²) in [6.45, 7) is 2.22. The first-order valence-corrected chi connectivity index (χ1v) is 9.13. The van der Waals surface area contributed by atoms with Crippen molar-refractivity contribution < 1.29 is 19.5 Å². The van der Waals surface area contributed by atoms with Gasteiger partial charge >= 0.3 is 5.97 Å². The Morgan fingerprint density at radius 2 is 2.07 bits per heavy atom. The molecule has 1 aliphatic heterocycles. The highest BCUT2D eigenvalue weighted by Crippen LogP contribution is 2.18. The molecule has 3 rings (SSSR count). The molecule has 3 heterocycles. The van der Waals surface area contributed by atoms with Crippen LogP contribution >= 0.6 is 0 Å². The van der Waals surface area contributed by atoms with E-state index in [0.717, 1.165) is 17.8 Å². The Morgan fingerprint density at radius 3 is 2.78 bits per heavy atom. The number of carbonyl (C=O) groups is 3. The van der Waals surface area contributed by atoms with E-state index in [9.17, 15) is 14.4 Å². The summed E-state index contributed by atoms with van der Waals surface area (Å²) < 4.78 is 1.89. The highest BCUT2D eigenvalue weighted by Gasteiger charge is 2.27. The summed E-state index contributed by atoms with van der Waals surface area (Å²) >= 11 is 0. The van der Waals surface area contributed by atoms with Gasteiger partial charge in [0.15, 0.2) is 0 Å². The van der Waals surface area contributed by atoms with E-state index >= 15 is 0 Å². The number of carboxylic acids is 1. The summed E-state index contributed by atoms with van der Waals surface area (Å²) in [7, 11) is 0. The second-order valence-electron chi connectivity index (χ2n) is 6.88. The van der Waals surface area contributed by atoms with Crippen molar-refractivity contribution in [3.8, 4) is 0 Å². The van der Waals surface area contributed by atoms with Crippen molar-refractivity contribution in [1.29, 1.82) is 0 Å². The van der Waals surface area contributed by atoms with Crippen LogP contribution in [0.4, 0.5) is 0 Å². The van der Waals surface area contributed by atoms with Crippen LogP contribution < -0.4 is 0 Å². The molecule has 0 aliphatic carbocycles. The lowest BCUT2D eigenvalue weighted by molar-refractivity contribution is -0.145. The minimum Gasteiger partial charge on any atom is -0.480 e. The van der Waals surface area contributed by atoms with Crippen LogP contribution in [0.25, 0.3) is 5.65 Å². The molecule has 0 radical (unpaired) electrons. The Bertz CT molecular complexity index is 814. The molecule has 27 heavy (non-hydrogen) atoms. The number of nitrogens with zero attached hydrogens (tertiary/aromatic N) is 4. The van der Waals surface area contributed by atoms with Crippen LogP contribution in [-0.2, 0) is 20.8 Å². The van der Waals surface area contributed by atoms with Gasteiger partial charge in [-0.1, -0.05) is 6.07 Å². The van der Waals surface area contributed by atoms with Gasteiger partial charge in [0.2, 0.25) is 11.8 Å². The van der Waals surface area contributed by atoms with Crippen LogP contribution in [-0.4, -0.2) is 67.8 Å². The van der Waals surface area contributed by atoms with Crippen LogP contribution in [0.1, 0.15) is 31.9 Å². The molecule has 0 spiro atoms. The number of hydrogen-bond donors (Lipinski definition) is 1. The summed E-state index contributed by atoms with van der Waals surface area (Å²) in [5.41, 5.74) is 1.53. The molecule has 0 unspecified atom stereocenters. The van der Waals surface area contributed by atoms with E-state index in [1.54, 1.807) is 4.90 Å². The molecular weight excluding hydrogens is 348 g/mol. The summed E-state index contributed by atoms with van der Waals surface area (Å²) in [6.07, 6.45) is 6.02. The number of imidazole rings is 1. The van der Waals surface area contributed by atoms with Crippen LogP contribution in [0.15, 0.2) is 30.6 Å². The zero-order chi connectivity index (χ0) is 19.4. The second-order valence-corrected chi connectivity index (χ2v) is 6.88. The standard InChI is InChI=1S/C19H24N4O4/c1-14(24)23(13-19(26)27)16-5-4-9-21(10-7-16)18(25)11-15-12-22-8-3-2-6-17(22)20-15/h2-3,6,8,12,16H,4-5,7,9-11,13H2,1H3,(H,26,27)/t16-/m0/s1. The SMILES string of the molecule is CC(=O)N(CC(=O)O)[C@H]1CCCN(C(=O)Cc2cn3ccccc3n2)CC1. The highest BCUT2D eigenvalue weighted by atomic mass is 16.4. The predicted molar refractivity (Wildman–Crippen MR) is 98.1 cm³/mol. The molecule has 1 aliphatic rings. The van der Waals surface area contributed by atoms with Gasteiger partial charge in [-0.05, 0) is 31.4 Å². The lowest BCUT2D eigenvalue weighted by atomic mass is 10.1. The first kappa shape index (κ1) is 18.9. The molecule has 0 bridgehead atoms. The van der Waals surface area contributed by atoms with Gasteiger partial charge in [0, 0.05) is 38.4 Å². The van der Waals surface area contributed by atoms with Crippen LogP contribution in [0, 0.1) is 0 Å². The van der Waals surface area contributed by atoms with Crippen LogP contribution in [0.3, 0.4) is 0 Å². The van der Waals surface area contributed by atoms with Crippen LogP contribution in [0.5, 0.6) is 0 Å². The fourth-order valence-electron chi connectivity index (χ4n) is 3.62. The molecule has 8 nitrogen and oxygen atoms in total. The maximum Gasteiger partial charge on any atom is 0.323 e. The lowest BCUT2D eigenvalue weighted by Crippen LogP contribution is -2.43. The Hall–Kier alpha value is -2.90. The topological polar surface area (TPSA) is 95.2 Å². The largest absolute Gasteiger partial charge is 0.480 e. The third-order valence-corrected chi connectivity index (χ3v) is 4.95. The second kappa shape index (κ2) is 8.20. The number of amides is 2. The Morgan fingerprint density at radius 1 is 1.26 bits per heavy atom. The average molecular weight is 372 g/mol. The van der Waals surface area contributed by atoms with Crippen molar-refractivity contribution >= 4 is 23.4 Å². The number of carboxylic acid groups (broad SMARTS) is 1. The monoisotopic (exact) mass is 372 g/mol. The third-order valence-electron chi connectivity index (χ3n) is 4.95. The molecule has 2 aromatic rings. The number of aliphatic carboxylic acids is 1. The van der Waals surface area contributed by atoms with Crippen molar-refractivity contribution in [2.75, 3.05) is 19.6 Å². The summed E-state index contributed by atoms with van der Waals surface area (Å²) in [4.78, 5) is 43.2. The smallest absolute Gasteiger partial charge is 0.323 e. The molecule has 144 valence electrons. The molecule has 2 amide bonds. The number of carbonyl (C=O) groups excluding carboxylic acids is 2. The van der Waals surface area contributed by atoms with Crippen molar-refractivity contribution in [2.24, 2.45) is 0 Å². The number of likely N-dealkylation sites (tertiary alicyclic amines) is 1.